The van der Waals surface area contributed by atoms with Gasteiger partial charge in [0.1, 0.15) is 24.4 Å². The van der Waals surface area contributed by atoms with E-state index in [1.54, 1.807) is 90.1 Å². The first-order valence-electron chi connectivity index (χ1n) is 18.9. The minimum atomic E-state index is -2.50. The minimum absolute atomic E-state index is 0.118. The number of ketones is 1. The molecule has 3 heterocycles. The summed E-state index contributed by atoms with van der Waals surface area (Å²) in [5.74, 6) is -7.24. The molecule has 2 bridgehead atoms. The Bertz CT molecular complexity index is 1940. The van der Waals surface area contributed by atoms with Crippen molar-refractivity contribution in [2.24, 2.45) is 16.7 Å². The van der Waals surface area contributed by atoms with Crippen molar-refractivity contribution in [3.05, 3.63) is 82.9 Å². The van der Waals surface area contributed by atoms with Crippen LogP contribution < -0.4 is 5.32 Å². The van der Waals surface area contributed by atoms with Crippen molar-refractivity contribution < 1.29 is 67.7 Å². The van der Waals surface area contributed by atoms with Crippen molar-refractivity contribution >= 4 is 29.8 Å². The number of benzene rings is 2. The number of hydrogen-bond donors (Lipinski definition) is 4. The molecular weight excluding hydrogens is 742 g/mol. The van der Waals surface area contributed by atoms with Gasteiger partial charge in [-0.05, 0) is 63.5 Å². The predicted octanol–water partition coefficient (Wildman–Crippen LogP) is 3.48. The Morgan fingerprint density at radius 1 is 0.982 bits per heavy atom. The van der Waals surface area contributed by atoms with Gasteiger partial charge in [0, 0.05) is 18.8 Å². The Morgan fingerprint density at radius 2 is 1.60 bits per heavy atom. The Balaban J connectivity index is 1.38. The van der Waals surface area contributed by atoms with Gasteiger partial charge in [-0.1, -0.05) is 62.4 Å². The summed E-state index contributed by atoms with van der Waals surface area (Å²) in [6.45, 7) is 11.7. The number of Topliss-reactive ketones (excluding diaryl/α,β-unsaturated/α-hetero) is 1. The highest BCUT2D eigenvalue weighted by Gasteiger charge is 2.80. The summed E-state index contributed by atoms with van der Waals surface area (Å²) in [5.41, 5.74) is -4.93. The quantitative estimate of drug-likeness (QED) is 0.163. The molecule has 15 heteroatoms. The molecule has 4 N–H and O–H groups in total. The zero-order valence-corrected chi connectivity index (χ0v) is 33.3. The lowest BCUT2D eigenvalue weighted by molar-refractivity contribution is -0.356. The molecule has 6 rings (SSSR count). The van der Waals surface area contributed by atoms with E-state index in [2.05, 4.69) is 5.32 Å². The Morgan fingerprint density at radius 3 is 2.16 bits per heavy atom. The number of nitrogens with one attached hydrogen (secondary N) is 1. The van der Waals surface area contributed by atoms with Crippen molar-refractivity contribution in [1.29, 1.82) is 0 Å². The fraction of sp³-hybridized carbons (Fsp3) is 0.548. The van der Waals surface area contributed by atoms with Crippen LogP contribution in [0.15, 0.2) is 71.8 Å². The van der Waals surface area contributed by atoms with Crippen LogP contribution in [0.2, 0.25) is 0 Å². The predicted molar refractivity (Wildman–Crippen MR) is 199 cm³/mol. The summed E-state index contributed by atoms with van der Waals surface area (Å²) in [4.78, 5) is 67.9. The highest BCUT2D eigenvalue weighted by atomic mass is 16.7. The molecule has 1 aliphatic carbocycles. The van der Waals surface area contributed by atoms with Gasteiger partial charge in [0.2, 0.25) is 5.79 Å². The molecule has 10 atom stereocenters. The monoisotopic (exact) mass is 793 g/mol. The van der Waals surface area contributed by atoms with Crippen LogP contribution in [0.25, 0.3) is 0 Å². The van der Waals surface area contributed by atoms with Crippen LogP contribution in [0.5, 0.6) is 0 Å². The zero-order valence-electron chi connectivity index (χ0n) is 33.3. The molecule has 3 saturated heterocycles. The summed E-state index contributed by atoms with van der Waals surface area (Å²) in [5, 5.41) is 38.5. The molecule has 1 saturated carbocycles. The van der Waals surface area contributed by atoms with E-state index in [9.17, 15) is 34.5 Å². The molecule has 0 radical (unpaired) electrons. The first kappa shape index (κ1) is 41.9. The van der Waals surface area contributed by atoms with E-state index >= 15 is 4.79 Å². The lowest BCUT2D eigenvalue weighted by atomic mass is 9.49. The zero-order chi connectivity index (χ0) is 41.9. The number of esters is 3. The first-order valence-corrected chi connectivity index (χ1v) is 18.9. The summed E-state index contributed by atoms with van der Waals surface area (Å²) in [7, 11) is 0. The molecule has 0 spiro atoms. The molecule has 57 heavy (non-hydrogen) atoms. The Labute approximate surface area is 330 Å². The van der Waals surface area contributed by atoms with Gasteiger partial charge in [-0.25, -0.2) is 14.4 Å². The summed E-state index contributed by atoms with van der Waals surface area (Å²) >= 11 is 0. The molecule has 2 unspecified atom stereocenters. The second kappa shape index (κ2) is 14.9. The molecule has 1 amide bonds. The maximum atomic E-state index is 15.1. The van der Waals surface area contributed by atoms with E-state index in [-0.39, 0.29) is 29.7 Å². The van der Waals surface area contributed by atoms with Crippen LogP contribution in [0.1, 0.15) is 83.8 Å². The number of ether oxygens (including phenoxy) is 6. The van der Waals surface area contributed by atoms with E-state index < -0.39 is 107 Å². The summed E-state index contributed by atoms with van der Waals surface area (Å²) < 4.78 is 35.2. The number of fused-ring (bicyclic) bond motifs is 5. The number of aliphatic hydroxyl groups is 3. The van der Waals surface area contributed by atoms with Crippen LogP contribution in [-0.2, 0) is 42.8 Å². The van der Waals surface area contributed by atoms with Gasteiger partial charge in [0.15, 0.2) is 23.6 Å². The van der Waals surface area contributed by atoms with E-state index in [0.717, 1.165) is 0 Å². The van der Waals surface area contributed by atoms with Crippen LogP contribution in [0.3, 0.4) is 0 Å². The molecule has 0 aromatic heterocycles. The van der Waals surface area contributed by atoms with E-state index in [1.807, 2.05) is 0 Å². The molecule has 308 valence electrons. The average molecular weight is 794 g/mol. The second-order valence-electron chi connectivity index (χ2n) is 17.0. The van der Waals surface area contributed by atoms with Crippen molar-refractivity contribution in [3.8, 4) is 0 Å². The third kappa shape index (κ3) is 7.13. The van der Waals surface area contributed by atoms with Gasteiger partial charge in [0.05, 0.1) is 35.6 Å². The van der Waals surface area contributed by atoms with Gasteiger partial charge < -0.3 is 49.1 Å². The number of carbonyl (C=O) groups excluding carboxylic acids is 5. The number of hydrogen-bond acceptors (Lipinski definition) is 14. The summed E-state index contributed by atoms with van der Waals surface area (Å²) in [6.07, 6.45) is -8.53. The van der Waals surface area contributed by atoms with Gasteiger partial charge in [0.25, 0.3) is 0 Å². The number of alkyl carbamates (subject to hydrolysis) is 1. The number of rotatable bonds is 9. The van der Waals surface area contributed by atoms with Gasteiger partial charge >= 0.3 is 24.0 Å². The maximum Gasteiger partial charge on any atom is 0.408 e. The van der Waals surface area contributed by atoms with Gasteiger partial charge in [-0.3, -0.25) is 9.59 Å². The fourth-order valence-electron chi connectivity index (χ4n) is 9.00. The molecule has 4 fully saturated rings. The molecular formula is C42H51NO14. The molecule has 3 aliphatic heterocycles. The van der Waals surface area contributed by atoms with Crippen LogP contribution in [0.4, 0.5) is 4.79 Å². The Hall–Kier alpha value is -4.67. The first-order chi connectivity index (χ1) is 26.6. The highest BCUT2D eigenvalue weighted by molar-refractivity contribution is 5.95. The Kier molecular flexibility index (Phi) is 11.0. The van der Waals surface area contributed by atoms with Crippen molar-refractivity contribution in [1.82, 2.24) is 5.32 Å². The van der Waals surface area contributed by atoms with E-state index in [0.29, 0.717) is 5.56 Å². The molecule has 2 aromatic rings. The third-order valence-corrected chi connectivity index (χ3v) is 11.8. The smallest absolute Gasteiger partial charge is 0.408 e. The van der Waals surface area contributed by atoms with Crippen molar-refractivity contribution in [2.45, 2.75) is 115 Å². The SMILES string of the molecule is CC(=O)O[C@@]12CO[C@@H]1C[C@H](O)[C@@]1(C)C(=O)[C@H]3O[C@@](O)(C(OC(=O)c4ccccc4)C12)C(C)(C)/C3=C(/C)COC(=O)[C@H](O)[C@@H](NC(=O)OC(C)(C)C)c1ccccc1. The maximum absolute atomic E-state index is 15.1. The van der Waals surface area contributed by atoms with Crippen LogP contribution >= 0.6 is 0 Å². The largest absolute Gasteiger partial charge is 0.459 e. The average Bonchev–Trinajstić information content (AvgIpc) is 3.32. The van der Waals surface area contributed by atoms with Crippen LogP contribution in [-0.4, -0.2) is 106 Å². The number of aliphatic hydroxyl groups excluding tert-OH is 2. The lowest BCUT2D eigenvalue weighted by Gasteiger charge is -2.63. The van der Waals surface area contributed by atoms with Gasteiger partial charge in [-0.2, -0.15) is 0 Å². The molecule has 2 aromatic carbocycles. The van der Waals surface area contributed by atoms with E-state index in [4.69, 9.17) is 28.4 Å². The second-order valence-corrected chi connectivity index (χ2v) is 17.0. The van der Waals surface area contributed by atoms with E-state index in [1.165, 1.54) is 26.0 Å². The molecule has 15 nitrogen and oxygen atoms in total. The highest BCUT2D eigenvalue weighted by Crippen LogP contribution is 2.65. The topological polar surface area (TPSA) is 213 Å². The molecule has 4 aliphatic rings. The standard InChI is InChI=1S/C42H51NO14/c1-22(20-52-36(49)30(46)29(24-15-11-9-12-16-24)43-37(50)57-38(3,4)5)28-31-33(47)40(8)26(45)19-27-41(21-53-27,55-23(2)44)32(40)34(42(51,56-31)39(28,6)7)54-35(48)25-17-13-10-14-18-25/h9-18,26-27,29-32,34,45-46,51H,19-21H2,1-8H3,(H,43,50)/b28-22-/t26-,27+,29-,30+,31-,32?,34?,40+,41-,42-/m0/s1. The summed E-state index contributed by atoms with van der Waals surface area (Å²) in [6, 6.07) is 15.0. The van der Waals surface area contributed by atoms with Crippen molar-refractivity contribution in [2.75, 3.05) is 13.2 Å². The van der Waals surface area contributed by atoms with Crippen molar-refractivity contribution in [3.63, 3.8) is 0 Å². The normalized spacial score (nSPS) is 33.2. The lowest BCUT2D eigenvalue weighted by Crippen LogP contribution is -2.79. The number of amides is 1. The van der Waals surface area contributed by atoms with Crippen LogP contribution in [0, 0.1) is 16.7 Å². The fourth-order valence-corrected chi connectivity index (χ4v) is 9.00. The number of carbonyl (C=O) groups is 5. The third-order valence-electron chi connectivity index (χ3n) is 11.8. The minimum Gasteiger partial charge on any atom is -0.459 e. The van der Waals surface area contributed by atoms with Gasteiger partial charge in [-0.15, -0.1) is 0 Å².